The predicted octanol–water partition coefficient (Wildman–Crippen LogP) is 4.62. The number of thiophene rings is 1. The topological polar surface area (TPSA) is 35.6 Å². The Morgan fingerprint density at radius 1 is 1.38 bits per heavy atom. The molecule has 0 aliphatic heterocycles. The van der Waals surface area contributed by atoms with Gasteiger partial charge in [0.15, 0.2) is 5.65 Å². The maximum absolute atomic E-state index is 6.11. The number of hydrogen-bond acceptors (Lipinski definition) is 3. The summed E-state index contributed by atoms with van der Waals surface area (Å²) in [5.41, 5.74) is 2.90. The van der Waals surface area contributed by atoms with Gasteiger partial charge in [-0.3, -0.25) is 0 Å². The van der Waals surface area contributed by atoms with Crippen LogP contribution in [0.15, 0.2) is 12.1 Å². The lowest BCUT2D eigenvalue weighted by molar-refractivity contribution is 0.593. The summed E-state index contributed by atoms with van der Waals surface area (Å²) in [4.78, 5) is 5.86. The summed E-state index contributed by atoms with van der Waals surface area (Å²) in [6.07, 6.45) is 0. The molecule has 0 fully saturated rings. The average Bonchev–Trinajstić information content (AvgIpc) is 3.13. The number of halogens is 2. The molecule has 0 spiro atoms. The number of rotatable bonds is 4. The molecule has 4 nitrogen and oxygen atoms in total. The van der Waals surface area contributed by atoms with Crippen LogP contribution in [0.2, 0.25) is 4.34 Å². The van der Waals surface area contributed by atoms with Gasteiger partial charge in [-0.25, -0.2) is 9.67 Å². The summed E-state index contributed by atoms with van der Waals surface area (Å²) >= 11 is 13.8. The van der Waals surface area contributed by atoms with Gasteiger partial charge in [-0.15, -0.1) is 22.9 Å². The third-order valence-corrected chi connectivity index (χ3v) is 5.27. The molecule has 7 heteroatoms. The van der Waals surface area contributed by atoms with Gasteiger partial charge in [0, 0.05) is 11.4 Å². The molecule has 21 heavy (non-hydrogen) atoms. The number of nitrogens with zero attached hydrogens (tertiary/aromatic N) is 4. The lowest BCUT2D eigenvalue weighted by atomic mass is 10.2. The van der Waals surface area contributed by atoms with Crippen LogP contribution in [0.4, 0.5) is 0 Å². The molecule has 0 N–H and O–H groups in total. The first-order valence-electron chi connectivity index (χ1n) is 6.82. The van der Waals surface area contributed by atoms with E-state index in [1.807, 2.05) is 17.7 Å². The van der Waals surface area contributed by atoms with Crippen LogP contribution >= 0.6 is 34.5 Å². The summed E-state index contributed by atoms with van der Waals surface area (Å²) in [7, 11) is 0. The normalized spacial score (nSPS) is 13.2. The molecule has 3 rings (SSSR count). The lowest BCUT2D eigenvalue weighted by Gasteiger charge is -2.16. The van der Waals surface area contributed by atoms with Crippen molar-refractivity contribution in [3.05, 3.63) is 32.9 Å². The second-order valence-corrected chi connectivity index (χ2v) is 6.94. The third-order valence-electron chi connectivity index (χ3n) is 3.63. The Morgan fingerprint density at radius 3 is 2.71 bits per heavy atom. The molecule has 0 bridgehead atoms. The second kappa shape index (κ2) is 5.63. The Bertz CT molecular complexity index is 786. The molecule has 3 aromatic rings. The zero-order valence-electron chi connectivity index (χ0n) is 12.1. The van der Waals surface area contributed by atoms with Crippen LogP contribution in [-0.4, -0.2) is 19.3 Å². The monoisotopic (exact) mass is 342 g/mol. The summed E-state index contributed by atoms with van der Waals surface area (Å²) in [5.74, 6) is 1.24. The summed E-state index contributed by atoms with van der Waals surface area (Å²) in [5, 5.41) is 4.55. The molecule has 0 aromatic carbocycles. The minimum Gasteiger partial charge on any atom is -0.304 e. The van der Waals surface area contributed by atoms with Gasteiger partial charge in [-0.1, -0.05) is 11.6 Å². The van der Waals surface area contributed by atoms with E-state index < -0.39 is 0 Å². The molecule has 0 saturated carbocycles. The van der Waals surface area contributed by atoms with Gasteiger partial charge in [0.25, 0.3) is 0 Å². The van der Waals surface area contributed by atoms with Crippen molar-refractivity contribution in [2.75, 3.05) is 0 Å². The first-order chi connectivity index (χ1) is 10.1. The van der Waals surface area contributed by atoms with Crippen molar-refractivity contribution in [2.24, 2.45) is 0 Å². The standard InChI is InChI=1S/C14H16Cl2N4S/c1-4-19-14-13(8(2)18-19)17-12(7-15)20(14)9(3)10-5-6-11(16)21-10/h5-6,9H,4,7H2,1-3H3. The van der Waals surface area contributed by atoms with Crippen molar-refractivity contribution < 1.29 is 0 Å². The Morgan fingerprint density at radius 2 is 2.14 bits per heavy atom. The summed E-state index contributed by atoms with van der Waals surface area (Å²) in [6, 6.07) is 4.11. The summed E-state index contributed by atoms with van der Waals surface area (Å²) in [6.45, 7) is 7.00. The van der Waals surface area contributed by atoms with Crippen LogP contribution in [0.1, 0.15) is 36.3 Å². The van der Waals surface area contributed by atoms with E-state index in [-0.39, 0.29) is 6.04 Å². The largest absolute Gasteiger partial charge is 0.304 e. The SMILES string of the molecule is CCn1nc(C)c2nc(CCl)n(C(C)c3ccc(Cl)s3)c21. The van der Waals surface area contributed by atoms with Crippen LogP contribution in [0.3, 0.4) is 0 Å². The Labute approximate surface area is 137 Å². The Kier molecular flexibility index (Phi) is 3.99. The maximum atomic E-state index is 6.11. The molecule has 0 saturated heterocycles. The van der Waals surface area contributed by atoms with E-state index in [4.69, 9.17) is 23.2 Å². The quantitative estimate of drug-likeness (QED) is 0.648. The van der Waals surface area contributed by atoms with Gasteiger partial charge in [0.1, 0.15) is 11.3 Å². The molecule has 1 unspecified atom stereocenters. The average molecular weight is 343 g/mol. The van der Waals surface area contributed by atoms with Crippen LogP contribution in [-0.2, 0) is 12.4 Å². The minimum atomic E-state index is 0.127. The second-order valence-electron chi connectivity index (χ2n) is 4.92. The van der Waals surface area contributed by atoms with Crippen LogP contribution < -0.4 is 0 Å². The van der Waals surface area contributed by atoms with Gasteiger partial charge in [0.05, 0.1) is 22.0 Å². The molecular formula is C14H16Cl2N4S. The molecule has 3 heterocycles. The van der Waals surface area contributed by atoms with Gasteiger partial charge >= 0.3 is 0 Å². The van der Waals surface area contributed by atoms with Gasteiger partial charge < -0.3 is 4.57 Å². The minimum absolute atomic E-state index is 0.127. The molecule has 112 valence electrons. The highest BCUT2D eigenvalue weighted by Gasteiger charge is 2.22. The number of imidazole rings is 1. The molecule has 0 amide bonds. The van der Waals surface area contributed by atoms with Crippen LogP contribution in [0.25, 0.3) is 11.2 Å². The number of aryl methyl sites for hydroxylation is 2. The van der Waals surface area contributed by atoms with Crippen molar-refractivity contribution in [3.8, 4) is 0 Å². The highest BCUT2D eigenvalue weighted by Crippen LogP contribution is 2.33. The zero-order chi connectivity index (χ0) is 15.1. The Hall–Kier alpha value is -1.04. The third kappa shape index (κ3) is 2.37. The van der Waals surface area contributed by atoms with Gasteiger partial charge in [-0.05, 0) is 32.9 Å². The fourth-order valence-corrected chi connectivity index (χ4v) is 3.93. The molecule has 0 aliphatic rings. The van der Waals surface area contributed by atoms with Gasteiger partial charge in [-0.2, -0.15) is 5.10 Å². The highest BCUT2D eigenvalue weighted by atomic mass is 35.5. The van der Waals surface area contributed by atoms with Crippen LogP contribution in [0, 0.1) is 6.92 Å². The van der Waals surface area contributed by atoms with E-state index in [0.717, 1.165) is 33.6 Å². The first kappa shape index (κ1) is 14.9. The highest BCUT2D eigenvalue weighted by molar-refractivity contribution is 7.16. The lowest BCUT2D eigenvalue weighted by Crippen LogP contribution is -2.12. The molecular weight excluding hydrogens is 327 g/mol. The predicted molar refractivity (Wildman–Crippen MR) is 88.6 cm³/mol. The van der Waals surface area contributed by atoms with E-state index in [2.05, 4.69) is 34.6 Å². The van der Waals surface area contributed by atoms with Crippen molar-refractivity contribution in [1.29, 1.82) is 0 Å². The molecule has 3 aromatic heterocycles. The molecule has 1 atom stereocenters. The van der Waals surface area contributed by atoms with Crippen molar-refractivity contribution in [1.82, 2.24) is 19.3 Å². The number of aromatic nitrogens is 4. The smallest absolute Gasteiger partial charge is 0.159 e. The van der Waals surface area contributed by atoms with Crippen molar-refractivity contribution in [3.63, 3.8) is 0 Å². The van der Waals surface area contributed by atoms with E-state index in [1.165, 1.54) is 4.88 Å². The fourth-order valence-electron chi connectivity index (χ4n) is 2.64. The molecule has 0 aliphatic carbocycles. The first-order valence-corrected chi connectivity index (χ1v) is 8.55. The fraction of sp³-hybridized carbons (Fsp3) is 0.429. The van der Waals surface area contributed by atoms with Crippen molar-refractivity contribution >= 4 is 45.7 Å². The van der Waals surface area contributed by atoms with E-state index in [9.17, 15) is 0 Å². The Balaban J connectivity index is 2.24. The van der Waals surface area contributed by atoms with Crippen LogP contribution in [0.5, 0.6) is 0 Å². The number of fused-ring (bicyclic) bond motifs is 1. The maximum Gasteiger partial charge on any atom is 0.159 e. The zero-order valence-corrected chi connectivity index (χ0v) is 14.4. The van der Waals surface area contributed by atoms with E-state index in [1.54, 1.807) is 11.3 Å². The summed E-state index contributed by atoms with van der Waals surface area (Å²) < 4.78 is 4.95. The van der Waals surface area contributed by atoms with Crippen molar-refractivity contribution in [2.45, 2.75) is 39.2 Å². The molecule has 0 radical (unpaired) electrons. The number of alkyl halides is 1. The van der Waals surface area contributed by atoms with E-state index >= 15 is 0 Å². The van der Waals surface area contributed by atoms with Gasteiger partial charge in [0.2, 0.25) is 0 Å². The number of hydrogen-bond donors (Lipinski definition) is 0. The van der Waals surface area contributed by atoms with E-state index in [0.29, 0.717) is 5.88 Å².